The van der Waals surface area contributed by atoms with Gasteiger partial charge < -0.3 is 38.3 Å². The Morgan fingerprint density at radius 1 is 0.857 bits per heavy atom. The van der Waals surface area contributed by atoms with E-state index in [0.29, 0.717) is 4.90 Å². The summed E-state index contributed by atoms with van der Waals surface area (Å²) in [5.74, 6) is -0.398. The molecule has 17 nitrogen and oxygen atoms in total. The number of carbonyl (C=O) groups excluding carboxylic acids is 4. The van der Waals surface area contributed by atoms with Gasteiger partial charge in [-0.15, -0.1) is 0 Å². The number of carbonyl (C=O) groups is 4. The summed E-state index contributed by atoms with van der Waals surface area (Å²) in [6.07, 6.45) is -7.58. The molecule has 1 saturated heterocycles. The summed E-state index contributed by atoms with van der Waals surface area (Å²) in [5.41, 5.74) is -6.22. The molecule has 2 aromatic heterocycles. The van der Waals surface area contributed by atoms with Crippen LogP contribution in [-0.2, 0) is 33.2 Å². The van der Waals surface area contributed by atoms with Crippen molar-refractivity contribution in [1.29, 1.82) is 0 Å². The molecule has 0 unspecified atom stereocenters. The topological polar surface area (TPSA) is 200 Å². The fourth-order valence-electron chi connectivity index (χ4n) is 4.56. The number of imidazole rings is 1. The molecule has 18 heteroatoms. The van der Waals surface area contributed by atoms with Crippen LogP contribution in [0, 0.1) is 0 Å². The standard InChI is InChI=1S/C31H46ClN5O12/c1-27(2,3)45-23(39)37(24(40)46-28(4,5)6)20-17-19(34-22(32)35-20)36(15-33-17)21-31(13,49-26(42)48-30(10,11)12)18(16(14-38)43-21)44-25(41)47-29(7,8)9/h15-16,18,21,38H,14H2,1-13H3/t16-,18-,21-,31-/m1/s1. The molecular formula is C31H46ClN5O12. The number of fused-ring (bicyclic) bond motifs is 1. The molecule has 49 heavy (non-hydrogen) atoms. The van der Waals surface area contributed by atoms with E-state index in [2.05, 4.69) is 15.0 Å². The molecule has 1 N–H and O–H groups in total. The normalized spacial score (nSPS) is 21.6. The highest BCUT2D eigenvalue weighted by Gasteiger charge is 2.61. The van der Waals surface area contributed by atoms with Crippen molar-refractivity contribution in [2.24, 2.45) is 0 Å². The summed E-state index contributed by atoms with van der Waals surface area (Å²) in [7, 11) is 0. The fraction of sp³-hybridized carbons (Fsp3) is 0.710. The summed E-state index contributed by atoms with van der Waals surface area (Å²) in [5, 5.41) is 9.89. The van der Waals surface area contributed by atoms with Crippen molar-refractivity contribution >= 4 is 53.1 Å². The Morgan fingerprint density at radius 3 is 1.82 bits per heavy atom. The van der Waals surface area contributed by atoms with E-state index in [1.807, 2.05) is 0 Å². The second-order valence-corrected chi connectivity index (χ2v) is 15.7. The van der Waals surface area contributed by atoms with Gasteiger partial charge in [-0.3, -0.25) is 4.57 Å². The van der Waals surface area contributed by atoms with Crippen LogP contribution < -0.4 is 4.90 Å². The van der Waals surface area contributed by atoms with Gasteiger partial charge in [-0.1, -0.05) is 0 Å². The average Bonchev–Trinajstić information content (AvgIpc) is 3.37. The first kappa shape index (κ1) is 39.5. The van der Waals surface area contributed by atoms with E-state index >= 15 is 0 Å². The number of aromatic nitrogens is 4. The Kier molecular flexibility index (Phi) is 11.1. The molecule has 2 aromatic rings. The van der Waals surface area contributed by atoms with Crippen LogP contribution >= 0.6 is 11.6 Å². The lowest BCUT2D eigenvalue weighted by Gasteiger charge is -2.35. The Balaban J connectivity index is 2.24. The number of anilines is 1. The van der Waals surface area contributed by atoms with E-state index in [1.54, 1.807) is 83.1 Å². The highest BCUT2D eigenvalue weighted by Crippen LogP contribution is 2.45. The number of hydrogen-bond acceptors (Lipinski definition) is 15. The third kappa shape index (κ3) is 10.0. The summed E-state index contributed by atoms with van der Waals surface area (Å²) in [4.78, 5) is 66.1. The third-order valence-corrected chi connectivity index (χ3v) is 6.34. The first-order valence-corrected chi connectivity index (χ1v) is 15.8. The largest absolute Gasteiger partial charge is 0.509 e. The number of halogens is 1. The van der Waals surface area contributed by atoms with E-state index in [1.165, 1.54) is 17.8 Å². The van der Waals surface area contributed by atoms with Gasteiger partial charge in [0.25, 0.3) is 0 Å². The van der Waals surface area contributed by atoms with Crippen LogP contribution in [0.4, 0.5) is 25.0 Å². The third-order valence-electron chi connectivity index (χ3n) is 6.17. The minimum Gasteiger partial charge on any atom is -0.443 e. The van der Waals surface area contributed by atoms with Crippen molar-refractivity contribution in [2.75, 3.05) is 11.5 Å². The van der Waals surface area contributed by atoms with Gasteiger partial charge in [0.05, 0.1) is 12.9 Å². The van der Waals surface area contributed by atoms with E-state index in [4.69, 9.17) is 44.8 Å². The number of hydrogen-bond donors (Lipinski definition) is 1. The monoisotopic (exact) mass is 715 g/mol. The molecule has 0 radical (unpaired) electrons. The van der Waals surface area contributed by atoms with Crippen LogP contribution in [0.3, 0.4) is 0 Å². The molecule has 0 saturated carbocycles. The van der Waals surface area contributed by atoms with Crippen LogP contribution in [0.15, 0.2) is 6.33 Å². The molecule has 0 aliphatic carbocycles. The molecule has 4 atom stereocenters. The second-order valence-electron chi connectivity index (χ2n) is 15.4. The van der Waals surface area contributed by atoms with E-state index in [-0.39, 0.29) is 11.2 Å². The Hall–Kier alpha value is -3.96. The predicted octanol–water partition coefficient (Wildman–Crippen LogP) is 6.08. The lowest BCUT2D eigenvalue weighted by atomic mass is 9.95. The quantitative estimate of drug-likeness (QED) is 0.212. The van der Waals surface area contributed by atoms with Crippen LogP contribution in [0.25, 0.3) is 11.2 Å². The maximum absolute atomic E-state index is 13.5. The molecule has 3 heterocycles. The summed E-state index contributed by atoms with van der Waals surface area (Å²) in [6.45, 7) is 20.0. The first-order chi connectivity index (χ1) is 22.1. The lowest BCUT2D eigenvalue weighted by Crippen LogP contribution is -2.51. The number of ether oxygens (including phenoxy) is 7. The van der Waals surface area contributed by atoms with Crippen molar-refractivity contribution in [3.63, 3.8) is 0 Å². The van der Waals surface area contributed by atoms with Crippen LogP contribution in [0.2, 0.25) is 5.28 Å². The summed E-state index contributed by atoms with van der Waals surface area (Å²) in [6, 6.07) is 0. The second kappa shape index (κ2) is 13.7. The van der Waals surface area contributed by atoms with Crippen molar-refractivity contribution in [3.05, 3.63) is 11.6 Å². The maximum Gasteiger partial charge on any atom is 0.509 e. The molecule has 0 aromatic carbocycles. The van der Waals surface area contributed by atoms with Gasteiger partial charge in [0.15, 0.2) is 34.9 Å². The molecule has 2 amide bonds. The number of imide groups is 1. The van der Waals surface area contributed by atoms with Gasteiger partial charge in [0.2, 0.25) is 5.28 Å². The molecule has 3 rings (SSSR count). The zero-order valence-corrected chi connectivity index (χ0v) is 30.8. The highest BCUT2D eigenvalue weighted by atomic mass is 35.5. The van der Waals surface area contributed by atoms with Crippen LogP contribution in [0.1, 0.15) is 96.2 Å². The molecule has 1 fully saturated rings. The van der Waals surface area contributed by atoms with Crippen molar-refractivity contribution < 1.29 is 57.4 Å². The minimum absolute atomic E-state index is 0.120. The smallest absolute Gasteiger partial charge is 0.443 e. The maximum atomic E-state index is 13.5. The van der Waals surface area contributed by atoms with Gasteiger partial charge >= 0.3 is 24.5 Å². The fourth-order valence-corrected chi connectivity index (χ4v) is 4.72. The van der Waals surface area contributed by atoms with Crippen molar-refractivity contribution in [3.8, 4) is 0 Å². The van der Waals surface area contributed by atoms with Crippen LogP contribution in [-0.4, -0.2) is 95.9 Å². The molecular weight excluding hydrogens is 670 g/mol. The highest BCUT2D eigenvalue weighted by molar-refractivity contribution is 6.29. The lowest BCUT2D eigenvalue weighted by molar-refractivity contribution is -0.137. The minimum atomic E-state index is -1.95. The summed E-state index contributed by atoms with van der Waals surface area (Å²) < 4.78 is 40.5. The van der Waals surface area contributed by atoms with Crippen LogP contribution in [0.5, 0.6) is 0 Å². The zero-order chi connectivity index (χ0) is 37.5. The SMILES string of the molecule is CC(C)(C)OC(=O)O[C@@H]1[C@@H](CO)O[C@@H](n2cnc3c(N(C(=O)OC(C)(C)C)C(=O)OC(C)(C)C)nc(Cl)nc32)[C@]1(C)OC(=O)OC(C)(C)C. The first-order valence-electron chi connectivity index (χ1n) is 15.4. The van der Waals surface area contributed by atoms with Gasteiger partial charge in [-0.05, 0) is 102 Å². The van der Waals surface area contributed by atoms with Crippen molar-refractivity contribution in [2.45, 2.75) is 136 Å². The predicted molar refractivity (Wildman–Crippen MR) is 173 cm³/mol. The average molecular weight is 716 g/mol. The molecule has 1 aliphatic rings. The number of rotatable bonds is 5. The molecule has 1 aliphatic heterocycles. The molecule has 0 bridgehead atoms. The Bertz CT molecular complexity index is 1540. The Labute approximate surface area is 289 Å². The van der Waals surface area contributed by atoms with Crippen molar-refractivity contribution in [1.82, 2.24) is 19.5 Å². The van der Waals surface area contributed by atoms with E-state index in [0.717, 1.165) is 0 Å². The number of nitrogens with zero attached hydrogens (tertiary/aromatic N) is 5. The van der Waals surface area contributed by atoms with E-state index in [9.17, 15) is 24.3 Å². The van der Waals surface area contributed by atoms with Gasteiger partial charge in [-0.2, -0.15) is 14.9 Å². The number of amides is 2. The number of aliphatic hydroxyl groups is 1. The summed E-state index contributed by atoms with van der Waals surface area (Å²) >= 11 is 6.36. The number of aliphatic hydroxyl groups excluding tert-OH is 1. The molecule has 274 valence electrons. The zero-order valence-electron chi connectivity index (χ0n) is 30.1. The van der Waals surface area contributed by atoms with Gasteiger partial charge in [0, 0.05) is 0 Å². The Morgan fingerprint density at radius 2 is 1.35 bits per heavy atom. The van der Waals surface area contributed by atoms with E-state index < -0.39 is 88.6 Å². The van der Waals surface area contributed by atoms with Gasteiger partial charge in [-0.25, -0.2) is 24.2 Å². The molecule has 0 spiro atoms. The van der Waals surface area contributed by atoms with Gasteiger partial charge in [0.1, 0.15) is 28.5 Å².